The molecule has 2 aromatic heterocycles. The molecule has 0 atom stereocenters. The van der Waals surface area contributed by atoms with Crippen LogP contribution in [-0.4, -0.2) is 9.13 Å². The smallest absolute Gasteiger partial charge is 0.0541 e. The molecule has 0 radical (unpaired) electrons. The molecule has 2 heteroatoms. The third-order valence-corrected chi connectivity index (χ3v) is 12.9. The van der Waals surface area contributed by atoms with Crippen molar-refractivity contribution in [1.29, 1.82) is 0 Å². The monoisotopic (exact) mass is 760 g/mol. The van der Waals surface area contributed by atoms with E-state index >= 15 is 0 Å². The second-order valence-electron chi connectivity index (χ2n) is 16.1. The summed E-state index contributed by atoms with van der Waals surface area (Å²) in [5, 5.41) is 7.68. The van der Waals surface area contributed by atoms with Gasteiger partial charge in [-0.25, -0.2) is 0 Å². The topological polar surface area (TPSA) is 9.86 Å². The van der Waals surface area contributed by atoms with E-state index in [1.807, 2.05) is 0 Å². The number of hydrogen-bond acceptors (Lipinski definition) is 0. The third kappa shape index (κ3) is 4.82. The van der Waals surface area contributed by atoms with Crippen LogP contribution in [0.25, 0.3) is 121 Å². The minimum absolute atomic E-state index is 1.16. The lowest BCUT2D eigenvalue weighted by Crippen LogP contribution is -1.94. The van der Waals surface area contributed by atoms with Crippen LogP contribution in [0.4, 0.5) is 0 Å². The van der Waals surface area contributed by atoms with E-state index in [2.05, 4.69) is 228 Å². The van der Waals surface area contributed by atoms with Gasteiger partial charge in [0.25, 0.3) is 0 Å². The highest BCUT2D eigenvalue weighted by atomic mass is 15.0. The molecule has 60 heavy (non-hydrogen) atoms. The molecule has 13 rings (SSSR count). The molecular formula is C58H36N2. The van der Waals surface area contributed by atoms with E-state index < -0.39 is 0 Å². The Morgan fingerprint density at radius 3 is 1.32 bits per heavy atom. The van der Waals surface area contributed by atoms with Crippen molar-refractivity contribution in [2.75, 3.05) is 0 Å². The van der Waals surface area contributed by atoms with Gasteiger partial charge in [0.1, 0.15) is 0 Å². The maximum absolute atomic E-state index is 2.43. The summed E-state index contributed by atoms with van der Waals surface area (Å²) in [5.74, 6) is 0. The number of para-hydroxylation sites is 3. The molecule has 0 bridgehead atoms. The molecule has 278 valence electrons. The van der Waals surface area contributed by atoms with E-state index in [9.17, 15) is 0 Å². The zero-order valence-electron chi connectivity index (χ0n) is 32.7. The highest BCUT2D eigenvalue weighted by Crippen LogP contribution is 2.49. The Bertz CT molecular complexity index is 3670. The predicted octanol–water partition coefficient (Wildman–Crippen LogP) is 15.7. The summed E-state index contributed by atoms with van der Waals surface area (Å²) >= 11 is 0. The first-order valence-corrected chi connectivity index (χ1v) is 20.8. The Labute approximate surface area is 347 Å². The fraction of sp³-hybridized carbons (Fsp3) is 0. The molecule has 1 aliphatic carbocycles. The van der Waals surface area contributed by atoms with Gasteiger partial charge in [-0.15, -0.1) is 0 Å². The number of fused-ring (bicyclic) bond motifs is 9. The van der Waals surface area contributed by atoms with Gasteiger partial charge in [-0.3, -0.25) is 0 Å². The lowest BCUT2D eigenvalue weighted by molar-refractivity contribution is 1.18. The Kier molecular flexibility index (Phi) is 7.05. The first kappa shape index (κ1) is 33.1. The molecule has 0 unspecified atom stereocenters. The standard InChI is InChI=1S/C58H36N2/c1-2-13-42(14-3-1)59-54-22-8-6-18-47(54)52-35-39(28-32-56(52)59)37-24-26-38(27-25-37)40-29-33-57-53(36-40)48-19-7-9-23-55(48)60(57)43-15-10-12-41(34-43)44-30-31-51-46-17-5-4-16-45(46)50-21-11-20-49(44)58(50)51/h1-36H. The van der Waals surface area contributed by atoms with E-state index in [1.165, 1.54) is 116 Å². The quantitative estimate of drug-likeness (QED) is 0.165. The van der Waals surface area contributed by atoms with Crippen molar-refractivity contribution in [2.24, 2.45) is 0 Å². The van der Waals surface area contributed by atoms with Gasteiger partial charge >= 0.3 is 0 Å². The molecule has 0 aliphatic heterocycles. The summed E-state index contributed by atoms with van der Waals surface area (Å²) in [5.41, 5.74) is 19.8. The van der Waals surface area contributed by atoms with Gasteiger partial charge in [0.2, 0.25) is 0 Å². The predicted molar refractivity (Wildman–Crippen MR) is 253 cm³/mol. The zero-order valence-corrected chi connectivity index (χ0v) is 32.7. The summed E-state index contributed by atoms with van der Waals surface area (Å²) in [7, 11) is 0. The lowest BCUT2D eigenvalue weighted by Gasteiger charge is -2.13. The second-order valence-corrected chi connectivity index (χ2v) is 16.1. The SMILES string of the molecule is c1ccc(-n2c3ccccc3c3cc(-c4ccc(-c5ccc6c(c5)c5ccccc5n6-c5cccc(-c6ccc7c8c(cccc68)-c6ccccc6-7)c5)cc4)ccc32)cc1. The summed E-state index contributed by atoms with van der Waals surface area (Å²) in [6.45, 7) is 0. The fourth-order valence-electron chi connectivity index (χ4n) is 10.2. The fourth-order valence-corrected chi connectivity index (χ4v) is 10.2. The van der Waals surface area contributed by atoms with Crippen molar-refractivity contribution in [1.82, 2.24) is 9.13 Å². The minimum Gasteiger partial charge on any atom is -0.309 e. The molecule has 0 N–H and O–H groups in total. The summed E-state index contributed by atoms with van der Waals surface area (Å²) in [6, 6.07) is 80.4. The normalized spacial score (nSPS) is 12.0. The van der Waals surface area contributed by atoms with Gasteiger partial charge in [0, 0.05) is 32.9 Å². The van der Waals surface area contributed by atoms with Crippen LogP contribution in [0.15, 0.2) is 218 Å². The van der Waals surface area contributed by atoms with Crippen LogP contribution in [0.3, 0.4) is 0 Å². The van der Waals surface area contributed by atoms with Crippen molar-refractivity contribution < 1.29 is 0 Å². The van der Waals surface area contributed by atoms with E-state index in [0.29, 0.717) is 0 Å². The van der Waals surface area contributed by atoms with E-state index in [1.54, 1.807) is 0 Å². The Morgan fingerprint density at radius 2 is 0.667 bits per heavy atom. The van der Waals surface area contributed by atoms with E-state index in [4.69, 9.17) is 0 Å². The van der Waals surface area contributed by atoms with Crippen molar-refractivity contribution in [2.45, 2.75) is 0 Å². The average Bonchev–Trinajstić information content (AvgIpc) is 3.96. The van der Waals surface area contributed by atoms with Crippen molar-refractivity contribution in [3.05, 3.63) is 218 Å². The van der Waals surface area contributed by atoms with Gasteiger partial charge in [0.05, 0.1) is 22.1 Å². The maximum atomic E-state index is 2.43. The van der Waals surface area contributed by atoms with Gasteiger partial charge in [-0.2, -0.15) is 0 Å². The Morgan fingerprint density at radius 1 is 0.217 bits per heavy atom. The lowest BCUT2D eigenvalue weighted by atomic mass is 9.94. The van der Waals surface area contributed by atoms with Crippen LogP contribution in [0, 0.1) is 0 Å². The maximum Gasteiger partial charge on any atom is 0.0541 e. The molecule has 0 saturated heterocycles. The second kappa shape index (κ2) is 12.8. The molecule has 0 amide bonds. The van der Waals surface area contributed by atoms with Crippen LogP contribution in [0.1, 0.15) is 0 Å². The van der Waals surface area contributed by atoms with Gasteiger partial charge in [-0.05, 0) is 127 Å². The van der Waals surface area contributed by atoms with Gasteiger partial charge in [0.15, 0.2) is 0 Å². The largest absolute Gasteiger partial charge is 0.309 e. The molecule has 2 heterocycles. The zero-order chi connectivity index (χ0) is 39.3. The minimum atomic E-state index is 1.16. The van der Waals surface area contributed by atoms with Crippen LogP contribution >= 0.6 is 0 Å². The summed E-state index contributed by atoms with van der Waals surface area (Å²) < 4.78 is 4.80. The molecule has 0 spiro atoms. The molecule has 12 aromatic rings. The number of hydrogen-bond donors (Lipinski definition) is 0. The molecule has 10 aromatic carbocycles. The number of nitrogens with zero attached hydrogens (tertiary/aromatic N) is 2. The van der Waals surface area contributed by atoms with Crippen molar-refractivity contribution >= 4 is 54.4 Å². The molecule has 1 aliphatic rings. The highest BCUT2D eigenvalue weighted by Gasteiger charge is 2.23. The number of aromatic nitrogens is 2. The third-order valence-electron chi connectivity index (χ3n) is 12.9. The van der Waals surface area contributed by atoms with E-state index in [0.717, 1.165) is 5.69 Å². The summed E-state index contributed by atoms with van der Waals surface area (Å²) in [6.07, 6.45) is 0. The van der Waals surface area contributed by atoms with Gasteiger partial charge < -0.3 is 9.13 Å². The van der Waals surface area contributed by atoms with Crippen molar-refractivity contribution in [3.8, 4) is 67.0 Å². The Hall–Kier alpha value is -7.94. The van der Waals surface area contributed by atoms with Gasteiger partial charge in [-0.1, -0.05) is 158 Å². The molecule has 0 fully saturated rings. The molecular weight excluding hydrogens is 725 g/mol. The van der Waals surface area contributed by atoms with E-state index in [-0.39, 0.29) is 0 Å². The van der Waals surface area contributed by atoms with Crippen LogP contribution in [-0.2, 0) is 0 Å². The Balaban J connectivity index is 0.878. The first-order chi connectivity index (χ1) is 29.8. The van der Waals surface area contributed by atoms with Crippen molar-refractivity contribution in [3.63, 3.8) is 0 Å². The number of rotatable bonds is 5. The van der Waals surface area contributed by atoms with Crippen LogP contribution in [0.5, 0.6) is 0 Å². The first-order valence-electron chi connectivity index (χ1n) is 20.8. The van der Waals surface area contributed by atoms with Crippen LogP contribution < -0.4 is 0 Å². The highest BCUT2D eigenvalue weighted by molar-refractivity contribution is 6.19. The molecule has 2 nitrogen and oxygen atoms in total. The molecule has 0 saturated carbocycles. The average molecular weight is 761 g/mol. The number of benzene rings is 10. The van der Waals surface area contributed by atoms with Crippen LogP contribution in [0.2, 0.25) is 0 Å². The summed E-state index contributed by atoms with van der Waals surface area (Å²) in [4.78, 5) is 0.